The Bertz CT molecular complexity index is 372. The number of benzene rings is 1. The lowest BCUT2D eigenvalue weighted by molar-refractivity contribution is 0.0911. The van der Waals surface area contributed by atoms with E-state index in [1.807, 2.05) is 32.9 Å². The van der Waals surface area contributed by atoms with Crippen molar-refractivity contribution in [2.24, 2.45) is 0 Å². The predicted molar refractivity (Wildman–Crippen MR) is 64.8 cm³/mol. The molecule has 0 saturated carbocycles. The largest absolute Gasteiger partial charge is 0.497 e. The predicted octanol–water partition coefficient (Wildman–Crippen LogP) is 2.61. The standard InChI is InChI=1S/C13H19NO2/c1-5-13(2,3)14-12(15)10-7-6-8-11(9-10)16-4/h6-9H,5H2,1-4H3,(H,14,15). The molecule has 0 fully saturated rings. The van der Waals surface area contributed by atoms with Gasteiger partial charge in [0, 0.05) is 11.1 Å². The van der Waals surface area contributed by atoms with Gasteiger partial charge in [-0.3, -0.25) is 4.79 Å². The molecule has 0 unspecified atom stereocenters. The molecule has 0 spiro atoms. The van der Waals surface area contributed by atoms with Crippen molar-refractivity contribution in [3.8, 4) is 5.75 Å². The number of nitrogens with one attached hydrogen (secondary N) is 1. The lowest BCUT2D eigenvalue weighted by Crippen LogP contribution is -2.42. The average Bonchev–Trinajstić information content (AvgIpc) is 2.28. The maximum Gasteiger partial charge on any atom is 0.251 e. The van der Waals surface area contributed by atoms with Gasteiger partial charge in [0.15, 0.2) is 0 Å². The van der Waals surface area contributed by atoms with E-state index >= 15 is 0 Å². The molecule has 3 nitrogen and oxygen atoms in total. The zero-order valence-corrected chi connectivity index (χ0v) is 10.3. The van der Waals surface area contributed by atoms with E-state index < -0.39 is 0 Å². The Labute approximate surface area is 96.8 Å². The number of carbonyl (C=O) groups excluding carboxylic acids is 1. The third-order valence-electron chi connectivity index (χ3n) is 2.67. The van der Waals surface area contributed by atoms with Crippen LogP contribution < -0.4 is 10.1 Å². The van der Waals surface area contributed by atoms with Crippen molar-refractivity contribution in [1.82, 2.24) is 5.32 Å². The van der Waals surface area contributed by atoms with Crippen LogP contribution in [0.3, 0.4) is 0 Å². The molecule has 1 aromatic carbocycles. The van der Waals surface area contributed by atoms with Crippen LogP contribution in [0.15, 0.2) is 24.3 Å². The van der Waals surface area contributed by atoms with Crippen LogP contribution in [0.2, 0.25) is 0 Å². The molecule has 0 atom stereocenters. The first kappa shape index (κ1) is 12.6. The molecule has 0 aliphatic heterocycles. The second-order valence-electron chi connectivity index (χ2n) is 4.42. The Morgan fingerprint density at radius 2 is 2.12 bits per heavy atom. The minimum atomic E-state index is -0.180. The Kier molecular flexibility index (Phi) is 3.93. The van der Waals surface area contributed by atoms with Gasteiger partial charge in [0.1, 0.15) is 5.75 Å². The highest BCUT2D eigenvalue weighted by atomic mass is 16.5. The third-order valence-corrected chi connectivity index (χ3v) is 2.67. The number of ether oxygens (including phenoxy) is 1. The lowest BCUT2D eigenvalue weighted by Gasteiger charge is -2.24. The van der Waals surface area contributed by atoms with Gasteiger partial charge in [-0.1, -0.05) is 13.0 Å². The molecule has 0 radical (unpaired) electrons. The van der Waals surface area contributed by atoms with Crippen molar-refractivity contribution in [3.05, 3.63) is 29.8 Å². The molecule has 16 heavy (non-hydrogen) atoms. The minimum absolute atomic E-state index is 0.0641. The maximum atomic E-state index is 11.9. The van der Waals surface area contributed by atoms with Crippen LogP contribution in [0.25, 0.3) is 0 Å². The van der Waals surface area contributed by atoms with Gasteiger partial charge in [0.2, 0.25) is 0 Å². The Morgan fingerprint density at radius 1 is 1.44 bits per heavy atom. The van der Waals surface area contributed by atoms with Gasteiger partial charge >= 0.3 is 0 Å². The summed E-state index contributed by atoms with van der Waals surface area (Å²) in [6, 6.07) is 7.15. The molecule has 0 aliphatic rings. The second kappa shape index (κ2) is 5.01. The normalized spacial score (nSPS) is 11.0. The van der Waals surface area contributed by atoms with Crippen molar-refractivity contribution >= 4 is 5.91 Å². The molecule has 0 bridgehead atoms. The molecular weight excluding hydrogens is 202 g/mol. The Hall–Kier alpha value is -1.51. The van der Waals surface area contributed by atoms with Crippen LogP contribution in [-0.2, 0) is 0 Å². The Morgan fingerprint density at radius 3 is 2.69 bits per heavy atom. The van der Waals surface area contributed by atoms with E-state index in [1.165, 1.54) is 0 Å². The first-order chi connectivity index (χ1) is 7.48. The fraction of sp³-hybridized carbons (Fsp3) is 0.462. The molecule has 0 aliphatic carbocycles. The summed E-state index contributed by atoms with van der Waals surface area (Å²) in [4.78, 5) is 11.9. The second-order valence-corrected chi connectivity index (χ2v) is 4.42. The molecule has 1 N–H and O–H groups in total. The highest BCUT2D eigenvalue weighted by molar-refractivity contribution is 5.95. The number of hydrogen-bond acceptors (Lipinski definition) is 2. The van der Waals surface area contributed by atoms with Crippen molar-refractivity contribution in [3.63, 3.8) is 0 Å². The highest BCUT2D eigenvalue weighted by Gasteiger charge is 2.18. The fourth-order valence-corrected chi connectivity index (χ4v) is 1.23. The van der Waals surface area contributed by atoms with Crippen molar-refractivity contribution in [2.45, 2.75) is 32.7 Å². The zero-order chi connectivity index (χ0) is 12.2. The van der Waals surface area contributed by atoms with E-state index in [1.54, 1.807) is 19.2 Å². The first-order valence-electron chi connectivity index (χ1n) is 5.45. The third kappa shape index (κ3) is 3.26. The summed E-state index contributed by atoms with van der Waals surface area (Å²) < 4.78 is 5.08. The minimum Gasteiger partial charge on any atom is -0.497 e. The van der Waals surface area contributed by atoms with E-state index in [4.69, 9.17) is 4.74 Å². The van der Waals surface area contributed by atoms with Crippen LogP contribution in [-0.4, -0.2) is 18.6 Å². The first-order valence-corrected chi connectivity index (χ1v) is 5.45. The van der Waals surface area contributed by atoms with Gasteiger partial charge in [-0.05, 0) is 38.5 Å². The van der Waals surface area contributed by atoms with E-state index in [0.717, 1.165) is 6.42 Å². The summed E-state index contributed by atoms with van der Waals surface area (Å²) in [5, 5.41) is 2.98. The molecule has 0 saturated heterocycles. The average molecular weight is 221 g/mol. The monoisotopic (exact) mass is 221 g/mol. The number of rotatable bonds is 4. The van der Waals surface area contributed by atoms with Crippen LogP contribution in [0.1, 0.15) is 37.6 Å². The SMILES string of the molecule is CCC(C)(C)NC(=O)c1cccc(OC)c1. The summed E-state index contributed by atoms with van der Waals surface area (Å²) in [5.74, 6) is 0.632. The summed E-state index contributed by atoms with van der Waals surface area (Å²) in [7, 11) is 1.59. The van der Waals surface area contributed by atoms with Gasteiger partial charge in [0.05, 0.1) is 7.11 Å². The van der Waals surface area contributed by atoms with Crippen LogP contribution in [0.5, 0.6) is 5.75 Å². The van der Waals surface area contributed by atoms with Crippen molar-refractivity contribution in [1.29, 1.82) is 0 Å². The van der Waals surface area contributed by atoms with Crippen LogP contribution in [0.4, 0.5) is 0 Å². The summed E-state index contributed by atoms with van der Waals surface area (Å²) in [6.07, 6.45) is 0.892. The van der Waals surface area contributed by atoms with Gasteiger partial charge in [-0.2, -0.15) is 0 Å². The highest BCUT2D eigenvalue weighted by Crippen LogP contribution is 2.14. The van der Waals surface area contributed by atoms with E-state index in [0.29, 0.717) is 11.3 Å². The number of carbonyl (C=O) groups is 1. The number of amides is 1. The molecular formula is C13H19NO2. The Balaban J connectivity index is 2.80. The fourth-order valence-electron chi connectivity index (χ4n) is 1.23. The number of hydrogen-bond donors (Lipinski definition) is 1. The summed E-state index contributed by atoms with van der Waals surface area (Å²) in [5.41, 5.74) is 0.445. The van der Waals surface area contributed by atoms with Crippen LogP contribution in [0, 0.1) is 0 Å². The van der Waals surface area contributed by atoms with E-state index in [2.05, 4.69) is 5.32 Å². The quantitative estimate of drug-likeness (QED) is 0.848. The lowest BCUT2D eigenvalue weighted by atomic mass is 10.0. The zero-order valence-electron chi connectivity index (χ0n) is 10.3. The van der Waals surface area contributed by atoms with Crippen molar-refractivity contribution < 1.29 is 9.53 Å². The molecule has 3 heteroatoms. The summed E-state index contributed by atoms with van der Waals surface area (Å²) >= 11 is 0. The van der Waals surface area contributed by atoms with E-state index in [-0.39, 0.29) is 11.4 Å². The smallest absolute Gasteiger partial charge is 0.251 e. The molecule has 1 amide bonds. The molecule has 0 heterocycles. The van der Waals surface area contributed by atoms with Gasteiger partial charge in [-0.15, -0.1) is 0 Å². The number of methoxy groups -OCH3 is 1. The van der Waals surface area contributed by atoms with Gasteiger partial charge in [-0.25, -0.2) is 0 Å². The molecule has 0 aromatic heterocycles. The topological polar surface area (TPSA) is 38.3 Å². The molecule has 1 aromatic rings. The summed E-state index contributed by atoms with van der Waals surface area (Å²) in [6.45, 7) is 6.06. The van der Waals surface area contributed by atoms with Gasteiger partial charge < -0.3 is 10.1 Å². The molecule has 1 rings (SSSR count). The van der Waals surface area contributed by atoms with Crippen LogP contribution >= 0.6 is 0 Å². The van der Waals surface area contributed by atoms with Gasteiger partial charge in [0.25, 0.3) is 5.91 Å². The molecule has 88 valence electrons. The maximum absolute atomic E-state index is 11.9. The van der Waals surface area contributed by atoms with E-state index in [9.17, 15) is 4.79 Å². The van der Waals surface area contributed by atoms with Crippen molar-refractivity contribution in [2.75, 3.05) is 7.11 Å².